The average Bonchev–Trinajstić information content (AvgIpc) is 3.35. The van der Waals surface area contributed by atoms with Crippen LogP contribution in [0.5, 0.6) is 0 Å². The van der Waals surface area contributed by atoms with Gasteiger partial charge in [-0.25, -0.2) is 9.97 Å². The third kappa shape index (κ3) is 4.32. The number of amides is 1. The lowest BCUT2D eigenvalue weighted by molar-refractivity contribution is -0.119. The highest BCUT2D eigenvalue weighted by molar-refractivity contribution is 5.80. The van der Waals surface area contributed by atoms with Gasteiger partial charge in [-0.3, -0.25) is 4.79 Å². The van der Waals surface area contributed by atoms with E-state index in [1.807, 2.05) is 6.07 Å². The summed E-state index contributed by atoms with van der Waals surface area (Å²) in [4.78, 5) is 22.6. The van der Waals surface area contributed by atoms with Gasteiger partial charge in [0.15, 0.2) is 0 Å². The van der Waals surface area contributed by atoms with E-state index in [1.54, 1.807) is 6.33 Å². The van der Waals surface area contributed by atoms with Crippen LogP contribution in [0, 0.1) is 11.8 Å². The summed E-state index contributed by atoms with van der Waals surface area (Å²) in [5.41, 5.74) is 0. The molecular formula is C16H25N5O. The number of carbonyl (C=O) groups is 1. The highest BCUT2D eigenvalue weighted by Crippen LogP contribution is 2.27. The first-order valence-electron chi connectivity index (χ1n) is 8.28. The average molecular weight is 303 g/mol. The molecule has 120 valence electrons. The third-order valence-corrected chi connectivity index (χ3v) is 4.35. The fraction of sp³-hybridized carbons (Fsp3) is 0.688. The third-order valence-electron chi connectivity index (χ3n) is 4.35. The number of carbonyl (C=O) groups excluding carboxylic acids is 1. The van der Waals surface area contributed by atoms with Crippen LogP contribution in [0.1, 0.15) is 32.6 Å². The second kappa shape index (κ2) is 6.94. The Morgan fingerprint density at radius 1 is 1.36 bits per heavy atom. The summed E-state index contributed by atoms with van der Waals surface area (Å²) in [6.07, 6.45) is 6.55. The first-order valence-corrected chi connectivity index (χ1v) is 8.28. The van der Waals surface area contributed by atoms with E-state index in [-0.39, 0.29) is 12.5 Å². The first-order chi connectivity index (χ1) is 10.7. The quantitative estimate of drug-likeness (QED) is 0.836. The molecule has 2 N–H and O–H groups in total. The summed E-state index contributed by atoms with van der Waals surface area (Å²) in [5, 5.41) is 6.03. The van der Waals surface area contributed by atoms with Crippen LogP contribution in [0.15, 0.2) is 12.4 Å². The molecule has 1 aliphatic carbocycles. The molecule has 1 aromatic heterocycles. The van der Waals surface area contributed by atoms with Crippen LogP contribution >= 0.6 is 0 Å². The van der Waals surface area contributed by atoms with Gasteiger partial charge >= 0.3 is 0 Å². The van der Waals surface area contributed by atoms with E-state index in [0.717, 1.165) is 25.5 Å². The number of nitrogens with one attached hydrogen (secondary N) is 2. The number of piperidine rings is 1. The van der Waals surface area contributed by atoms with Gasteiger partial charge in [0.2, 0.25) is 5.91 Å². The van der Waals surface area contributed by atoms with Crippen LogP contribution in [0.3, 0.4) is 0 Å². The molecule has 1 aromatic rings. The largest absolute Gasteiger partial charge is 0.361 e. The maximum absolute atomic E-state index is 11.8. The molecule has 1 aliphatic heterocycles. The fourth-order valence-electron chi connectivity index (χ4n) is 2.83. The molecule has 0 bridgehead atoms. The summed E-state index contributed by atoms with van der Waals surface area (Å²) in [5.74, 6) is 3.09. The molecule has 1 saturated carbocycles. The number of hydrogen-bond acceptors (Lipinski definition) is 5. The van der Waals surface area contributed by atoms with Crippen molar-refractivity contribution in [2.75, 3.05) is 36.4 Å². The van der Waals surface area contributed by atoms with Gasteiger partial charge in [-0.1, -0.05) is 6.92 Å². The molecule has 2 fully saturated rings. The number of nitrogens with zero attached hydrogens (tertiary/aromatic N) is 3. The summed E-state index contributed by atoms with van der Waals surface area (Å²) in [6.45, 7) is 5.43. The Labute approximate surface area is 131 Å². The first kappa shape index (κ1) is 15.1. The molecule has 1 atom stereocenters. The molecule has 6 nitrogen and oxygen atoms in total. The van der Waals surface area contributed by atoms with Gasteiger partial charge in [0.1, 0.15) is 18.0 Å². The normalized spacial score (nSPS) is 21.5. The zero-order valence-electron chi connectivity index (χ0n) is 13.2. The Morgan fingerprint density at radius 3 is 3.00 bits per heavy atom. The van der Waals surface area contributed by atoms with Crippen LogP contribution in [-0.2, 0) is 4.79 Å². The molecule has 0 radical (unpaired) electrons. The number of aromatic nitrogens is 2. The lowest BCUT2D eigenvalue weighted by Gasteiger charge is -2.31. The molecule has 2 heterocycles. The second-order valence-corrected chi connectivity index (χ2v) is 6.56. The number of rotatable bonds is 6. The standard InChI is InChI=1S/C16H25N5O/c1-12-3-2-6-21(10-12)15-7-14(19-11-20-15)17-9-16(22)18-8-13-4-5-13/h7,11-13H,2-6,8-10H2,1H3,(H,18,22)(H,17,19,20). The van der Waals surface area contributed by atoms with Gasteiger partial charge in [0.05, 0.1) is 6.54 Å². The Bertz CT molecular complexity index is 517. The van der Waals surface area contributed by atoms with E-state index in [0.29, 0.717) is 17.7 Å². The van der Waals surface area contributed by atoms with Crippen LogP contribution in [-0.4, -0.2) is 42.1 Å². The summed E-state index contributed by atoms with van der Waals surface area (Å²) in [6, 6.07) is 1.94. The SMILES string of the molecule is CC1CCCN(c2cc(NCC(=O)NCC3CC3)ncn2)C1. The highest BCUT2D eigenvalue weighted by atomic mass is 16.1. The maximum atomic E-state index is 11.8. The second-order valence-electron chi connectivity index (χ2n) is 6.56. The number of anilines is 2. The van der Waals surface area contributed by atoms with Crippen molar-refractivity contribution in [2.45, 2.75) is 32.6 Å². The lowest BCUT2D eigenvalue weighted by Crippen LogP contribution is -2.35. The molecule has 0 aromatic carbocycles. The van der Waals surface area contributed by atoms with Crippen molar-refractivity contribution in [1.82, 2.24) is 15.3 Å². The van der Waals surface area contributed by atoms with Crippen molar-refractivity contribution < 1.29 is 4.79 Å². The van der Waals surface area contributed by atoms with E-state index >= 15 is 0 Å². The molecular weight excluding hydrogens is 278 g/mol. The zero-order valence-corrected chi connectivity index (χ0v) is 13.2. The van der Waals surface area contributed by atoms with E-state index in [1.165, 1.54) is 25.7 Å². The molecule has 1 unspecified atom stereocenters. The van der Waals surface area contributed by atoms with Crippen LogP contribution < -0.4 is 15.5 Å². The van der Waals surface area contributed by atoms with Gasteiger partial charge in [0.25, 0.3) is 0 Å². The topological polar surface area (TPSA) is 70.2 Å². The predicted octanol–water partition coefficient (Wildman–Crippen LogP) is 1.65. The zero-order chi connectivity index (χ0) is 15.4. The minimum absolute atomic E-state index is 0.0265. The molecule has 22 heavy (non-hydrogen) atoms. The van der Waals surface area contributed by atoms with Gasteiger partial charge < -0.3 is 15.5 Å². The minimum Gasteiger partial charge on any atom is -0.361 e. The van der Waals surface area contributed by atoms with Crippen molar-refractivity contribution in [1.29, 1.82) is 0 Å². The van der Waals surface area contributed by atoms with Crippen LogP contribution in [0.25, 0.3) is 0 Å². The van der Waals surface area contributed by atoms with Gasteiger partial charge in [-0.2, -0.15) is 0 Å². The molecule has 3 rings (SSSR count). The molecule has 2 aliphatic rings. The minimum atomic E-state index is 0.0265. The lowest BCUT2D eigenvalue weighted by atomic mass is 10.0. The van der Waals surface area contributed by atoms with Crippen molar-refractivity contribution >= 4 is 17.5 Å². The van der Waals surface area contributed by atoms with Crippen molar-refractivity contribution in [3.63, 3.8) is 0 Å². The molecule has 1 amide bonds. The Hall–Kier alpha value is -1.85. The summed E-state index contributed by atoms with van der Waals surface area (Å²) < 4.78 is 0. The number of hydrogen-bond donors (Lipinski definition) is 2. The van der Waals surface area contributed by atoms with Crippen LogP contribution in [0.4, 0.5) is 11.6 Å². The van der Waals surface area contributed by atoms with E-state index < -0.39 is 0 Å². The van der Waals surface area contributed by atoms with Gasteiger partial charge in [-0.05, 0) is 37.5 Å². The molecule has 6 heteroatoms. The van der Waals surface area contributed by atoms with Crippen molar-refractivity contribution in [2.24, 2.45) is 11.8 Å². The molecule has 0 spiro atoms. The van der Waals surface area contributed by atoms with Gasteiger partial charge in [0, 0.05) is 25.7 Å². The maximum Gasteiger partial charge on any atom is 0.239 e. The van der Waals surface area contributed by atoms with E-state index in [9.17, 15) is 4.79 Å². The smallest absolute Gasteiger partial charge is 0.239 e. The van der Waals surface area contributed by atoms with Crippen molar-refractivity contribution in [3.05, 3.63) is 12.4 Å². The molecule has 1 saturated heterocycles. The Balaban J connectivity index is 1.50. The highest BCUT2D eigenvalue weighted by Gasteiger charge is 2.21. The Kier molecular flexibility index (Phi) is 4.75. The fourth-order valence-corrected chi connectivity index (χ4v) is 2.83. The Morgan fingerprint density at radius 2 is 2.23 bits per heavy atom. The monoisotopic (exact) mass is 303 g/mol. The summed E-state index contributed by atoms with van der Waals surface area (Å²) >= 11 is 0. The van der Waals surface area contributed by atoms with Crippen LogP contribution in [0.2, 0.25) is 0 Å². The summed E-state index contributed by atoms with van der Waals surface area (Å²) in [7, 11) is 0. The van der Waals surface area contributed by atoms with E-state index in [2.05, 4.69) is 32.4 Å². The van der Waals surface area contributed by atoms with Crippen molar-refractivity contribution in [3.8, 4) is 0 Å². The van der Waals surface area contributed by atoms with E-state index in [4.69, 9.17) is 0 Å². The predicted molar refractivity (Wildman–Crippen MR) is 86.9 cm³/mol. The van der Waals surface area contributed by atoms with Gasteiger partial charge in [-0.15, -0.1) is 0 Å².